The van der Waals surface area contributed by atoms with Crippen molar-refractivity contribution in [3.05, 3.63) is 54.1 Å². The fraction of sp³-hybridized carbons (Fsp3) is 0.409. The van der Waals surface area contributed by atoms with Gasteiger partial charge in [-0.15, -0.1) is 0 Å². The Bertz CT molecular complexity index is 983. The molecule has 13 nitrogen and oxygen atoms in total. The molecule has 0 bridgehead atoms. The first kappa shape index (κ1) is 27.4. The summed E-state index contributed by atoms with van der Waals surface area (Å²) in [4.78, 5) is 56.2. The Morgan fingerprint density at radius 3 is 2.11 bits per heavy atom. The van der Waals surface area contributed by atoms with Gasteiger partial charge in [0, 0.05) is 24.7 Å². The second-order valence-electron chi connectivity index (χ2n) is 7.94. The van der Waals surface area contributed by atoms with E-state index in [4.69, 9.17) is 5.73 Å². The number of rotatable bonds is 13. The SMILES string of the molecule is CC(O)C(N)C(=O)NC(Cc1cnc[nH]1)C(=O)NC(CO)C(=O)NC(Cc1ccccc1)C(=O)O. The molecular weight excluding hydrogens is 460 g/mol. The average molecular weight is 491 g/mol. The van der Waals surface area contributed by atoms with E-state index in [1.807, 2.05) is 0 Å². The van der Waals surface area contributed by atoms with Gasteiger partial charge in [-0.1, -0.05) is 30.3 Å². The minimum atomic E-state index is -1.49. The third-order valence-corrected chi connectivity index (χ3v) is 5.15. The molecule has 1 heterocycles. The molecule has 9 N–H and O–H groups in total. The number of aliphatic hydroxyl groups is 2. The summed E-state index contributed by atoms with van der Waals surface area (Å²) in [6.45, 7) is 0.488. The number of aromatic amines is 1. The van der Waals surface area contributed by atoms with Crippen LogP contribution >= 0.6 is 0 Å². The number of nitrogens with zero attached hydrogens (tertiary/aromatic N) is 1. The molecule has 0 spiro atoms. The van der Waals surface area contributed by atoms with Crippen molar-refractivity contribution in [1.82, 2.24) is 25.9 Å². The molecule has 3 amide bonds. The molecule has 0 aliphatic rings. The fourth-order valence-corrected chi connectivity index (χ4v) is 3.10. The molecule has 0 fully saturated rings. The van der Waals surface area contributed by atoms with E-state index < -0.39 is 60.6 Å². The molecular formula is C22H30N6O7. The van der Waals surface area contributed by atoms with Gasteiger partial charge in [0.05, 0.1) is 19.0 Å². The zero-order valence-electron chi connectivity index (χ0n) is 19.0. The quantitative estimate of drug-likeness (QED) is 0.148. The number of hydrogen-bond donors (Lipinski definition) is 8. The first-order valence-electron chi connectivity index (χ1n) is 10.8. The zero-order valence-corrected chi connectivity index (χ0v) is 19.0. The minimum Gasteiger partial charge on any atom is -0.480 e. The summed E-state index contributed by atoms with van der Waals surface area (Å²) in [5.74, 6) is -3.86. The number of benzene rings is 1. The van der Waals surface area contributed by atoms with E-state index in [0.717, 1.165) is 0 Å². The Morgan fingerprint density at radius 1 is 0.971 bits per heavy atom. The Labute approximate surface area is 201 Å². The molecule has 0 saturated heterocycles. The molecule has 35 heavy (non-hydrogen) atoms. The summed E-state index contributed by atoms with van der Waals surface area (Å²) in [5.41, 5.74) is 6.78. The molecule has 5 atom stereocenters. The van der Waals surface area contributed by atoms with Crippen molar-refractivity contribution >= 4 is 23.7 Å². The van der Waals surface area contributed by atoms with Crippen LogP contribution in [0.4, 0.5) is 0 Å². The maximum Gasteiger partial charge on any atom is 0.326 e. The lowest BCUT2D eigenvalue weighted by molar-refractivity contribution is -0.142. The van der Waals surface area contributed by atoms with E-state index in [2.05, 4.69) is 25.9 Å². The van der Waals surface area contributed by atoms with Crippen LogP contribution in [0, 0.1) is 0 Å². The number of carboxylic acids is 1. The van der Waals surface area contributed by atoms with Crippen molar-refractivity contribution in [2.24, 2.45) is 5.73 Å². The number of aliphatic carboxylic acids is 1. The average Bonchev–Trinajstić information content (AvgIpc) is 3.34. The number of hydrogen-bond acceptors (Lipinski definition) is 8. The third-order valence-electron chi connectivity index (χ3n) is 5.15. The zero-order chi connectivity index (χ0) is 26.0. The van der Waals surface area contributed by atoms with Gasteiger partial charge < -0.3 is 42.0 Å². The second-order valence-corrected chi connectivity index (χ2v) is 7.94. The van der Waals surface area contributed by atoms with E-state index >= 15 is 0 Å². The maximum atomic E-state index is 12.9. The van der Waals surface area contributed by atoms with Crippen molar-refractivity contribution in [2.75, 3.05) is 6.61 Å². The summed E-state index contributed by atoms with van der Waals surface area (Å²) in [6.07, 6.45) is 1.55. The Balaban J connectivity index is 2.10. The van der Waals surface area contributed by atoms with Gasteiger partial charge in [-0.25, -0.2) is 9.78 Å². The normalized spacial score (nSPS) is 15.2. The van der Waals surface area contributed by atoms with Crippen molar-refractivity contribution in [3.8, 4) is 0 Å². The lowest BCUT2D eigenvalue weighted by Gasteiger charge is -2.24. The van der Waals surface area contributed by atoms with Crippen LogP contribution in [0.5, 0.6) is 0 Å². The first-order valence-corrected chi connectivity index (χ1v) is 10.8. The predicted octanol–water partition coefficient (Wildman–Crippen LogP) is -2.57. The van der Waals surface area contributed by atoms with Gasteiger partial charge in [-0.2, -0.15) is 0 Å². The number of carboxylic acid groups (broad SMARTS) is 1. The lowest BCUT2D eigenvalue weighted by atomic mass is 10.1. The molecule has 1 aromatic carbocycles. The van der Waals surface area contributed by atoms with Crippen LogP contribution < -0.4 is 21.7 Å². The van der Waals surface area contributed by atoms with E-state index in [9.17, 15) is 34.5 Å². The molecule has 1 aromatic heterocycles. The molecule has 13 heteroatoms. The molecule has 2 rings (SSSR count). The number of carbonyl (C=O) groups excluding carboxylic acids is 3. The van der Waals surface area contributed by atoms with Crippen LogP contribution in [0.15, 0.2) is 42.9 Å². The highest BCUT2D eigenvalue weighted by molar-refractivity contribution is 5.94. The Kier molecular flexibility index (Phi) is 10.3. The van der Waals surface area contributed by atoms with E-state index in [1.54, 1.807) is 30.3 Å². The standard InChI is InChI=1S/C22H30N6O7/c1-12(30)18(23)21(33)26-15(8-14-9-24-11-25-14)19(31)28-17(10-29)20(32)27-16(22(34)35)7-13-5-3-2-4-6-13/h2-6,9,11-12,15-18,29-30H,7-8,10,23H2,1H3,(H,24,25)(H,26,33)(H,27,32)(H,28,31)(H,34,35). The van der Waals surface area contributed by atoms with Crippen molar-refractivity contribution < 1.29 is 34.5 Å². The number of nitrogens with one attached hydrogen (secondary N) is 4. The van der Waals surface area contributed by atoms with Crippen LogP contribution in [0.2, 0.25) is 0 Å². The smallest absolute Gasteiger partial charge is 0.326 e. The summed E-state index contributed by atoms with van der Waals surface area (Å²) in [7, 11) is 0. The molecule has 0 aliphatic carbocycles. The maximum absolute atomic E-state index is 12.9. The van der Waals surface area contributed by atoms with Gasteiger partial charge in [0.2, 0.25) is 17.7 Å². The number of aliphatic hydroxyl groups excluding tert-OH is 2. The summed E-state index contributed by atoms with van der Waals surface area (Å²) in [5, 5.41) is 35.8. The highest BCUT2D eigenvalue weighted by Crippen LogP contribution is 2.05. The van der Waals surface area contributed by atoms with Crippen molar-refractivity contribution in [3.63, 3.8) is 0 Å². The third kappa shape index (κ3) is 8.48. The van der Waals surface area contributed by atoms with Crippen LogP contribution in [0.25, 0.3) is 0 Å². The van der Waals surface area contributed by atoms with Gasteiger partial charge in [0.1, 0.15) is 24.2 Å². The topological polar surface area (TPSA) is 220 Å². The van der Waals surface area contributed by atoms with Gasteiger partial charge in [-0.05, 0) is 12.5 Å². The van der Waals surface area contributed by atoms with Crippen molar-refractivity contribution in [1.29, 1.82) is 0 Å². The lowest BCUT2D eigenvalue weighted by Crippen LogP contribution is -2.59. The summed E-state index contributed by atoms with van der Waals surface area (Å²) in [6, 6.07) is 3.28. The number of aromatic nitrogens is 2. The van der Waals surface area contributed by atoms with Crippen molar-refractivity contribution in [2.45, 2.75) is 50.0 Å². The Hall–Kier alpha value is -3.81. The fourth-order valence-electron chi connectivity index (χ4n) is 3.10. The van der Waals surface area contributed by atoms with Crippen LogP contribution in [0.1, 0.15) is 18.2 Å². The van der Waals surface area contributed by atoms with E-state index in [-0.39, 0.29) is 12.8 Å². The minimum absolute atomic E-state index is 0.0102. The molecule has 0 aliphatic heterocycles. The molecule has 0 saturated carbocycles. The van der Waals surface area contributed by atoms with E-state index in [1.165, 1.54) is 19.4 Å². The number of carbonyl (C=O) groups is 4. The number of imidazole rings is 1. The molecule has 0 radical (unpaired) electrons. The molecule has 5 unspecified atom stereocenters. The second kappa shape index (κ2) is 13.2. The van der Waals surface area contributed by atoms with Gasteiger partial charge in [-0.3, -0.25) is 14.4 Å². The summed E-state index contributed by atoms with van der Waals surface area (Å²) < 4.78 is 0. The number of H-pyrrole nitrogens is 1. The van der Waals surface area contributed by atoms with Crippen LogP contribution in [0.3, 0.4) is 0 Å². The van der Waals surface area contributed by atoms with Gasteiger partial charge in [0.15, 0.2) is 0 Å². The molecule has 2 aromatic rings. The first-order chi connectivity index (χ1) is 16.6. The summed E-state index contributed by atoms with van der Waals surface area (Å²) >= 11 is 0. The highest BCUT2D eigenvalue weighted by Gasteiger charge is 2.31. The van der Waals surface area contributed by atoms with Gasteiger partial charge in [0.25, 0.3) is 0 Å². The van der Waals surface area contributed by atoms with Crippen LogP contribution in [-0.4, -0.2) is 85.9 Å². The van der Waals surface area contributed by atoms with E-state index in [0.29, 0.717) is 11.3 Å². The largest absolute Gasteiger partial charge is 0.480 e. The van der Waals surface area contributed by atoms with Crippen LogP contribution in [-0.2, 0) is 32.0 Å². The Morgan fingerprint density at radius 2 is 1.57 bits per heavy atom. The number of amides is 3. The van der Waals surface area contributed by atoms with Gasteiger partial charge >= 0.3 is 5.97 Å². The monoisotopic (exact) mass is 490 g/mol. The predicted molar refractivity (Wildman–Crippen MR) is 123 cm³/mol. The molecule has 190 valence electrons. The highest BCUT2D eigenvalue weighted by atomic mass is 16.4. The number of nitrogens with two attached hydrogens (primary N) is 1.